The molecule has 0 aliphatic carbocycles. The summed E-state index contributed by atoms with van der Waals surface area (Å²) in [5.74, 6) is 0. The Kier molecular flexibility index (Phi) is 2.08. The number of aldehydes is 1. The molecule has 1 aromatic rings. The lowest BCUT2D eigenvalue weighted by molar-refractivity contribution is -0.108. The number of hydrogen-bond donors (Lipinski definition) is 1. The molecule has 0 aromatic heterocycles. The second-order valence-electron chi connectivity index (χ2n) is 2.97. The van der Waals surface area contributed by atoms with Crippen LogP contribution in [0.3, 0.4) is 0 Å². The molecule has 0 bridgehead atoms. The van der Waals surface area contributed by atoms with Crippen molar-refractivity contribution in [2.24, 2.45) is 4.99 Å². The number of hydrogen-bond acceptors (Lipinski definition) is 3. The second-order valence-corrected chi connectivity index (χ2v) is 2.97. The number of anilines is 1. The maximum Gasteiger partial charge on any atom is 0.144 e. The van der Waals surface area contributed by atoms with E-state index in [2.05, 4.69) is 10.3 Å². The van der Waals surface area contributed by atoms with Gasteiger partial charge in [-0.15, -0.1) is 0 Å². The average molecular weight is 174 g/mol. The van der Waals surface area contributed by atoms with Gasteiger partial charge in [0.05, 0.1) is 6.54 Å². The summed E-state index contributed by atoms with van der Waals surface area (Å²) < 4.78 is 0. The molecule has 66 valence electrons. The minimum atomic E-state index is -0.195. The van der Waals surface area contributed by atoms with Crippen molar-refractivity contribution in [1.82, 2.24) is 0 Å². The van der Waals surface area contributed by atoms with Crippen LogP contribution in [0.4, 0.5) is 5.69 Å². The summed E-state index contributed by atoms with van der Waals surface area (Å²) in [6, 6.07) is 7.61. The van der Waals surface area contributed by atoms with Crippen LogP contribution in [-0.2, 0) is 4.79 Å². The van der Waals surface area contributed by atoms with E-state index in [0.717, 1.165) is 17.5 Å². The van der Waals surface area contributed by atoms with Gasteiger partial charge < -0.3 is 10.1 Å². The first-order valence-corrected chi connectivity index (χ1v) is 4.21. The van der Waals surface area contributed by atoms with Crippen molar-refractivity contribution < 1.29 is 4.79 Å². The second kappa shape index (κ2) is 3.39. The highest BCUT2D eigenvalue weighted by atomic mass is 16.1. The van der Waals surface area contributed by atoms with Crippen LogP contribution < -0.4 is 5.32 Å². The fraction of sp³-hybridized carbons (Fsp3) is 0.200. The van der Waals surface area contributed by atoms with E-state index in [9.17, 15) is 4.79 Å². The van der Waals surface area contributed by atoms with Gasteiger partial charge in [0.15, 0.2) is 0 Å². The quantitative estimate of drug-likeness (QED) is 0.648. The molecule has 1 N–H and O–H groups in total. The van der Waals surface area contributed by atoms with Gasteiger partial charge >= 0.3 is 0 Å². The van der Waals surface area contributed by atoms with Gasteiger partial charge in [-0.25, -0.2) is 0 Å². The molecular formula is C10H10N2O. The van der Waals surface area contributed by atoms with Crippen LogP contribution in [0.5, 0.6) is 0 Å². The summed E-state index contributed by atoms with van der Waals surface area (Å²) in [7, 11) is 0. The van der Waals surface area contributed by atoms with Crippen molar-refractivity contribution >= 4 is 18.2 Å². The number of fused-ring (bicyclic) bond motifs is 1. The van der Waals surface area contributed by atoms with E-state index in [1.54, 1.807) is 6.21 Å². The molecule has 1 aliphatic heterocycles. The normalized spacial score (nSPS) is 19.8. The number of rotatable bonds is 1. The van der Waals surface area contributed by atoms with Crippen molar-refractivity contribution in [3.63, 3.8) is 0 Å². The van der Waals surface area contributed by atoms with Crippen LogP contribution in [0.15, 0.2) is 29.3 Å². The average Bonchev–Trinajstić information content (AvgIpc) is 2.38. The predicted molar refractivity (Wildman–Crippen MR) is 52.4 cm³/mol. The molecule has 2 rings (SSSR count). The highest BCUT2D eigenvalue weighted by Gasteiger charge is 2.10. The third-order valence-corrected chi connectivity index (χ3v) is 2.00. The first kappa shape index (κ1) is 7.98. The van der Waals surface area contributed by atoms with Crippen molar-refractivity contribution in [2.75, 3.05) is 11.9 Å². The molecule has 13 heavy (non-hydrogen) atoms. The molecule has 0 saturated carbocycles. The number of para-hydroxylation sites is 1. The Morgan fingerprint density at radius 2 is 2.31 bits per heavy atom. The van der Waals surface area contributed by atoms with Gasteiger partial charge in [0.25, 0.3) is 0 Å². The van der Waals surface area contributed by atoms with E-state index < -0.39 is 0 Å². The molecule has 1 aliphatic rings. The Morgan fingerprint density at radius 1 is 1.46 bits per heavy atom. The monoisotopic (exact) mass is 174 g/mol. The zero-order valence-corrected chi connectivity index (χ0v) is 7.10. The Hall–Kier alpha value is -1.64. The molecule has 0 fully saturated rings. The highest BCUT2D eigenvalue weighted by molar-refractivity contribution is 5.89. The van der Waals surface area contributed by atoms with Crippen molar-refractivity contribution in [3.8, 4) is 0 Å². The predicted octanol–water partition coefficient (Wildman–Crippen LogP) is 1.10. The van der Waals surface area contributed by atoms with E-state index in [0.29, 0.717) is 6.54 Å². The Labute approximate surface area is 76.5 Å². The first-order valence-electron chi connectivity index (χ1n) is 4.21. The SMILES string of the molecule is O=CC1CN=Cc2ccccc2N1. The lowest BCUT2D eigenvalue weighted by atomic mass is 10.2. The third kappa shape index (κ3) is 1.59. The van der Waals surface area contributed by atoms with E-state index in [1.807, 2.05) is 24.3 Å². The van der Waals surface area contributed by atoms with Crippen LogP contribution in [0.1, 0.15) is 5.56 Å². The number of benzene rings is 1. The number of nitrogens with one attached hydrogen (secondary N) is 1. The van der Waals surface area contributed by atoms with Gasteiger partial charge in [-0.2, -0.15) is 0 Å². The van der Waals surface area contributed by atoms with Gasteiger partial charge in [-0.05, 0) is 6.07 Å². The Morgan fingerprint density at radius 3 is 3.15 bits per heavy atom. The number of nitrogens with zero attached hydrogens (tertiary/aromatic N) is 1. The maximum absolute atomic E-state index is 10.6. The van der Waals surface area contributed by atoms with Crippen LogP contribution in [0, 0.1) is 0 Å². The van der Waals surface area contributed by atoms with Crippen molar-refractivity contribution in [2.45, 2.75) is 6.04 Å². The van der Waals surface area contributed by atoms with Gasteiger partial charge in [-0.1, -0.05) is 18.2 Å². The van der Waals surface area contributed by atoms with Crippen molar-refractivity contribution in [3.05, 3.63) is 29.8 Å². The largest absolute Gasteiger partial charge is 0.373 e. The minimum Gasteiger partial charge on any atom is -0.373 e. The lowest BCUT2D eigenvalue weighted by Crippen LogP contribution is -2.23. The molecule has 3 heteroatoms. The fourth-order valence-electron chi connectivity index (χ4n) is 1.33. The molecule has 0 spiro atoms. The molecule has 0 radical (unpaired) electrons. The molecule has 0 saturated heterocycles. The van der Waals surface area contributed by atoms with E-state index in [-0.39, 0.29) is 6.04 Å². The van der Waals surface area contributed by atoms with Crippen molar-refractivity contribution in [1.29, 1.82) is 0 Å². The van der Waals surface area contributed by atoms with Crippen LogP contribution >= 0.6 is 0 Å². The summed E-state index contributed by atoms with van der Waals surface area (Å²) in [5, 5.41) is 3.12. The lowest BCUT2D eigenvalue weighted by Gasteiger charge is -2.10. The number of carbonyl (C=O) groups excluding carboxylic acids is 1. The highest BCUT2D eigenvalue weighted by Crippen LogP contribution is 2.15. The van der Waals surface area contributed by atoms with Gasteiger partial charge in [0, 0.05) is 17.5 Å². The van der Waals surface area contributed by atoms with Crippen LogP contribution in [0.2, 0.25) is 0 Å². The summed E-state index contributed by atoms with van der Waals surface area (Å²) >= 11 is 0. The van der Waals surface area contributed by atoms with E-state index >= 15 is 0 Å². The molecule has 1 aromatic carbocycles. The first-order chi connectivity index (χ1) is 6.40. The Bertz CT molecular complexity index is 347. The summed E-state index contributed by atoms with van der Waals surface area (Å²) in [6.45, 7) is 0.512. The van der Waals surface area contributed by atoms with Gasteiger partial charge in [0.1, 0.15) is 12.3 Å². The summed E-state index contributed by atoms with van der Waals surface area (Å²) in [6.07, 6.45) is 2.69. The molecule has 1 atom stereocenters. The zero-order valence-electron chi connectivity index (χ0n) is 7.10. The van der Waals surface area contributed by atoms with Crippen LogP contribution in [0.25, 0.3) is 0 Å². The summed E-state index contributed by atoms with van der Waals surface area (Å²) in [5.41, 5.74) is 2.01. The van der Waals surface area contributed by atoms with E-state index in [1.165, 1.54) is 0 Å². The topological polar surface area (TPSA) is 41.5 Å². The number of carbonyl (C=O) groups is 1. The molecular weight excluding hydrogens is 164 g/mol. The molecule has 1 unspecified atom stereocenters. The maximum atomic E-state index is 10.6. The zero-order chi connectivity index (χ0) is 9.10. The fourth-order valence-corrected chi connectivity index (χ4v) is 1.33. The molecule has 3 nitrogen and oxygen atoms in total. The Balaban J connectivity index is 2.37. The standard InChI is InChI=1S/C10H10N2O/c13-7-9-6-11-5-8-3-1-2-4-10(8)12-9/h1-5,7,9,12H,6H2. The smallest absolute Gasteiger partial charge is 0.144 e. The molecule has 1 heterocycles. The third-order valence-electron chi connectivity index (χ3n) is 2.00. The number of benzodiazepines with no additional fused rings is 1. The van der Waals surface area contributed by atoms with Crippen LogP contribution in [-0.4, -0.2) is 25.1 Å². The minimum absolute atomic E-state index is 0.195. The van der Waals surface area contributed by atoms with Gasteiger partial charge in [0.2, 0.25) is 0 Å². The number of aliphatic imine (C=N–C) groups is 1. The van der Waals surface area contributed by atoms with Gasteiger partial charge in [-0.3, -0.25) is 4.99 Å². The van der Waals surface area contributed by atoms with E-state index in [4.69, 9.17) is 0 Å². The summed E-state index contributed by atoms with van der Waals surface area (Å²) in [4.78, 5) is 14.7. The molecule has 0 amide bonds.